The Balaban J connectivity index is 1.23. The molecule has 210 valence electrons. The van der Waals surface area contributed by atoms with Gasteiger partial charge in [0.2, 0.25) is 0 Å². The Kier molecular flexibility index (Phi) is 9.07. The van der Waals surface area contributed by atoms with Crippen molar-refractivity contribution in [3.8, 4) is 0 Å². The van der Waals surface area contributed by atoms with Crippen LogP contribution in [0, 0.1) is 0 Å². The lowest BCUT2D eigenvalue weighted by Gasteiger charge is -2.30. The molecule has 0 bridgehead atoms. The van der Waals surface area contributed by atoms with Gasteiger partial charge in [0.1, 0.15) is 11.8 Å². The molecule has 4 aromatic rings. The summed E-state index contributed by atoms with van der Waals surface area (Å²) in [5.41, 5.74) is 5.82. The van der Waals surface area contributed by atoms with Gasteiger partial charge in [0.15, 0.2) is 6.23 Å². The van der Waals surface area contributed by atoms with Gasteiger partial charge in [0, 0.05) is 58.6 Å². The minimum absolute atomic E-state index is 0.0499. The van der Waals surface area contributed by atoms with Crippen molar-refractivity contribution in [2.45, 2.75) is 45.1 Å². The summed E-state index contributed by atoms with van der Waals surface area (Å²) in [6.45, 7) is 3.58. The number of amides is 1. The van der Waals surface area contributed by atoms with E-state index < -0.39 is 17.6 Å². The fourth-order valence-electron chi connectivity index (χ4n) is 5.12. The molecular weight excluding hydrogens is 569 g/mol. The monoisotopic (exact) mass is 599 g/mol. The van der Waals surface area contributed by atoms with Gasteiger partial charge in [-0.3, -0.25) is 4.79 Å². The lowest BCUT2D eigenvalue weighted by Crippen LogP contribution is -2.36. The summed E-state index contributed by atoms with van der Waals surface area (Å²) >= 11 is 12.3. The molecule has 3 atom stereocenters. The van der Waals surface area contributed by atoms with Gasteiger partial charge in [-0.1, -0.05) is 53.5 Å². The predicted octanol–water partition coefficient (Wildman–Crippen LogP) is 5.53. The minimum Gasteiger partial charge on any atom is -0.598 e. The summed E-state index contributed by atoms with van der Waals surface area (Å²) in [4.78, 5) is 15.0. The molecule has 0 saturated heterocycles. The van der Waals surface area contributed by atoms with E-state index in [2.05, 4.69) is 17.0 Å². The molecule has 0 saturated carbocycles. The number of hydrogen-bond acceptors (Lipinski definition) is 6. The number of fused-ring (bicyclic) bond motifs is 2. The second-order valence-corrected chi connectivity index (χ2v) is 12.1. The topological polar surface area (TPSA) is 101 Å². The Labute approximate surface area is 246 Å². The summed E-state index contributed by atoms with van der Waals surface area (Å²) < 4.78 is 19.4. The van der Waals surface area contributed by atoms with E-state index in [1.54, 1.807) is 18.4 Å². The van der Waals surface area contributed by atoms with Gasteiger partial charge in [-0.15, -0.1) is 4.72 Å². The maximum absolute atomic E-state index is 13.2. The first-order chi connectivity index (χ1) is 19.2. The molecule has 1 aliphatic heterocycles. The molecule has 0 radical (unpaired) electrons. The molecule has 2 heterocycles. The Morgan fingerprint density at radius 3 is 2.83 bits per heavy atom. The quantitative estimate of drug-likeness (QED) is 0.173. The summed E-state index contributed by atoms with van der Waals surface area (Å²) in [7, 11) is 0. The molecular formula is C30H31Cl2N3O4S. The highest BCUT2D eigenvalue weighted by molar-refractivity contribution is 7.88. The normalized spacial score (nSPS) is 15.6. The summed E-state index contributed by atoms with van der Waals surface area (Å²) in [6.07, 6.45) is 3.47. The van der Waals surface area contributed by atoms with E-state index in [1.165, 1.54) is 6.26 Å². The van der Waals surface area contributed by atoms with Crippen LogP contribution in [-0.4, -0.2) is 39.3 Å². The van der Waals surface area contributed by atoms with Crippen molar-refractivity contribution in [1.82, 2.24) is 14.9 Å². The number of furan rings is 1. The lowest BCUT2D eigenvalue weighted by atomic mass is 9.96. The number of rotatable bonds is 9. The van der Waals surface area contributed by atoms with Crippen molar-refractivity contribution in [2.75, 3.05) is 12.8 Å². The standard InChI is InChI=1S/C30H31Cl2N3O4S/c1-18(12-19-4-3-5-21(13-19)29(36)34-40(2)38)33-16-25-26(31)14-23-17-35(10-8-24(23)28(25)32)30(37)22-7-6-20-9-11-39-27(20)15-22/h3-7,9,11,13-15,18,29,33-34,36H,8,10,12,16-17H2,1-2H3. The SMILES string of the molecule is CC(Cc1cccc(C(O)N[S+](C)[O-])c1)NCc1c(Cl)cc2c(c1Cl)CCN(C(=O)c1ccc3ccoc3c1)C2. The molecule has 0 aliphatic carbocycles. The van der Waals surface area contributed by atoms with Gasteiger partial charge in [0.25, 0.3) is 5.91 Å². The molecule has 5 rings (SSSR count). The molecule has 3 N–H and O–H groups in total. The first-order valence-electron chi connectivity index (χ1n) is 13.0. The van der Waals surface area contributed by atoms with Crippen molar-refractivity contribution in [2.24, 2.45) is 0 Å². The Bertz CT molecular complexity index is 1530. The van der Waals surface area contributed by atoms with E-state index in [4.69, 9.17) is 27.6 Å². The van der Waals surface area contributed by atoms with Crippen molar-refractivity contribution in [3.63, 3.8) is 0 Å². The van der Waals surface area contributed by atoms with Gasteiger partial charge in [-0.05, 0) is 66.3 Å². The zero-order valence-corrected chi connectivity index (χ0v) is 24.6. The van der Waals surface area contributed by atoms with Crippen LogP contribution < -0.4 is 10.0 Å². The van der Waals surface area contributed by atoms with Crippen LogP contribution in [0.25, 0.3) is 11.0 Å². The molecule has 1 aliphatic rings. The van der Waals surface area contributed by atoms with Gasteiger partial charge >= 0.3 is 0 Å². The molecule has 7 nitrogen and oxygen atoms in total. The van der Waals surface area contributed by atoms with E-state index >= 15 is 0 Å². The molecule has 40 heavy (non-hydrogen) atoms. The fourth-order valence-corrected chi connectivity index (χ4v) is 6.30. The molecule has 0 fully saturated rings. The van der Waals surface area contributed by atoms with Crippen LogP contribution in [0.4, 0.5) is 0 Å². The van der Waals surface area contributed by atoms with E-state index in [0.29, 0.717) is 52.8 Å². The zero-order valence-electron chi connectivity index (χ0n) is 22.2. The summed E-state index contributed by atoms with van der Waals surface area (Å²) in [6, 6.07) is 17.0. The number of benzene rings is 3. The van der Waals surface area contributed by atoms with Gasteiger partial charge < -0.3 is 24.3 Å². The largest absolute Gasteiger partial charge is 0.598 e. The number of aliphatic hydroxyl groups is 1. The maximum atomic E-state index is 13.2. The Hall–Kier alpha value is -2.56. The average molecular weight is 601 g/mol. The Morgan fingerprint density at radius 2 is 2.02 bits per heavy atom. The lowest BCUT2D eigenvalue weighted by molar-refractivity contribution is 0.0734. The average Bonchev–Trinajstić information content (AvgIpc) is 3.40. The number of carbonyl (C=O) groups excluding carboxylic acids is 1. The fraction of sp³-hybridized carbons (Fsp3) is 0.300. The second-order valence-electron chi connectivity index (χ2n) is 10.1. The highest BCUT2D eigenvalue weighted by atomic mass is 35.5. The smallest absolute Gasteiger partial charge is 0.254 e. The predicted molar refractivity (Wildman–Crippen MR) is 160 cm³/mol. The summed E-state index contributed by atoms with van der Waals surface area (Å²) in [5, 5.41) is 15.9. The van der Waals surface area contributed by atoms with Crippen LogP contribution in [0.5, 0.6) is 0 Å². The third-order valence-electron chi connectivity index (χ3n) is 7.20. The van der Waals surface area contributed by atoms with Crippen molar-refractivity contribution in [3.05, 3.63) is 104 Å². The van der Waals surface area contributed by atoms with Gasteiger partial charge in [0.05, 0.1) is 11.3 Å². The third-order valence-corrected chi connectivity index (χ3v) is 8.55. The molecule has 0 spiro atoms. The molecule has 3 aromatic carbocycles. The molecule has 3 unspecified atom stereocenters. The summed E-state index contributed by atoms with van der Waals surface area (Å²) in [5.74, 6) is -0.0499. The van der Waals surface area contributed by atoms with Crippen LogP contribution in [0.1, 0.15) is 51.3 Å². The first kappa shape index (κ1) is 29.0. The van der Waals surface area contributed by atoms with Gasteiger partial charge in [-0.2, -0.15) is 0 Å². The first-order valence-corrected chi connectivity index (χ1v) is 15.4. The highest BCUT2D eigenvalue weighted by Crippen LogP contribution is 2.35. The van der Waals surface area contributed by atoms with Crippen LogP contribution in [0.15, 0.2) is 65.3 Å². The van der Waals surface area contributed by atoms with Crippen LogP contribution >= 0.6 is 23.2 Å². The molecule has 1 aromatic heterocycles. The maximum Gasteiger partial charge on any atom is 0.254 e. The number of halogens is 2. The van der Waals surface area contributed by atoms with E-state index in [0.717, 1.165) is 34.1 Å². The van der Waals surface area contributed by atoms with Crippen LogP contribution in [0.3, 0.4) is 0 Å². The van der Waals surface area contributed by atoms with Crippen molar-refractivity contribution >= 4 is 51.4 Å². The van der Waals surface area contributed by atoms with Crippen molar-refractivity contribution in [1.29, 1.82) is 0 Å². The number of nitrogens with one attached hydrogen (secondary N) is 2. The number of nitrogens with zero attached hydrogens (tertiary/aromatic N) is 1. The van der Waals surface area contributed by atoms with E-state index in [1.807, 2.05) is 47.4 Å². The van der Waals surface area contributed by atoms with Gasteiger partial charge in [-0.25, -0.2) is 0 Å². The minimum atomic E-state index is -1.32. The van der Waals surface area contributed by atoms with E-state index in [9.17, 15) is 14.5 Å². The molecule has 1 amide bonds. The number of carbonyl (C=O) groups is 1. The Morgan fingerprint density at radius 1 is 1.20 bits per heavy atom. The van der Waals surface area contributed by atoms with Crippen LogP contribution in [-0.2, 0) is 37.3 Å². The molecule has 10 heteroatoms. The van der Waals surface area contributed by atoms with E-state index in [-0.39, 0.29) is 11.9 Å². The second kappa shape index (κ2) is 12.5. The third kappa shape index (κ3) is 6.50. The zero-order chi connectivity index (χ0) is 28.4. The highest BCUT2D eigenvalue weighted by Gasteiger charge is 2.26. The van der Waals surface area contributed by atoms with Crippen LogP contribution in [0.2, 0.25) is 10.0 Å². The number of hydrogen-bond donors (Lipinski definition) is 3. The van der Waals surface area contributed by atoms with Crippen molar-refractivity contribution < 1.29 is 18.9 Å². The number of aliphatic hydroxyl groups excluding tert-OH is 1.